The number of allylic oxidation sites excluding steroid dienone is 2. The highest BCUT2D eigenvalue weighted by atomic mass is 32.2. The molecule has 1 aliphatic rings. The number of likely N-dealkylation sites (N-methyl/N-ethyl adjacent to an activating group) is 1. The molecule has 1 saturated carbocycles. The van der Waals surface area contributed by atoms with Crippen molar-refractivity contribution >= 4 is 76.5 Å². The topological polar surface area (TPSA) is 260 Å². The van der Waals surface area contributed by atoms with Gasteiger partial charge in [0.05, 0.1) is 29.7 Å². The zero-order valence-corrected chi connectivity index (χ0v) is 36.9. The van der Waals surface area contributed by atoms with Crippen molar-refractivity contribution < 1.29 is 52.7 Å². The zero-order valence-electron chi connectivity index (χ0n) is 36.1. The molecule has 0 radical (unpaired) electrons. The van der Waals surface area contributed by atoms with E-state index in [-0.39, 0.29) is 68.5 Å². The standard InChI is InChI=1S/C41H64N6O11S/c1-22(36-32(52)19-41(7,8)20-33(36)53)11-13-34(54)43-26(5)30(50)17-23(2)38(56)45-25(4)29(49)12-14-35(55)44-27(6)31(51)18-24(3)39(57)47-37(40(58)42-9)46-28(21-48)15-16-59-10/h21,23-28,37,46H,11-20H2,1-10H3,(H,42,58)(H,43,54)(H,44,55)(H,45,56)(H,47,57)/t23-,24-,25+,26+,27+,28+,37-/m1/s1. The number of Topliss-reactive ketones (excluding diaryl/α,β-unsaturated/α-hetero) is 5. The Labute approximate surface area is 351 Å². The van der Waals surface area contributed by atoms with Crippen LogP contribution in [0.2, 0.25) is 0 Å². The Kier molecular flexibility index (Phi) is 22.3. The van der Waals surface area contributed by atoms with E-state index < -0.39 is 94.5 Å². The predicted octanol–water partition coefficient (Wildman–Crippen LogP) is 1.19. The molecule has 5 amide bonds. The van der Waals surface area contributed by atoms with E-state index in [0.29, 0.717) is 24.0 Å². The molecule has 0 bridgehead atoms. The number of rotatable bonds is 26. The maximum Gasteiger partial charge on any atom is 0.257 e. The molecule has 0 spiro atoms. The number of thioether (sulfide) groups is 1. The van der Waals surface area contributed by atoms with Crippen molar-refractivity contribution in [3.8, 4) is 0 Å². The first-order chi connectivity index (χ1) is 27.5. The van der Waals surface area contributed by atoms with Gasteiger partial charge in [-0.25, -0.2) is 0 Å². The van der Waals surface area contributed by atoms with Crippen LogP contribution in [0.25, 0.3) is 0 Å². The molecule has 0 aromatic carbocycles. The van der Waals surface area contributed by atoms with Crippen molar-refractivity contribution in [3.63, 3.8) is 0 Å². The highest BCUT2D eigenvalue weighted by Crippen LogP contribution is 2.35. The van der Waals surface area contributed by atoms with Crippen LogP contribution in [0.5, 0.6) is 0 Å². The van der Waals surface area contributed by atoms with Crippen LogP contribution in [0.3, 0.4) is 0 Å². The maximum absolute atomic E-state index is 12.9. The zero-order chi connectivity index (χ0) is 45.2. The van der Waals surface area contributed by atoms with E-state index >= 15 is 0 Å². The van der Waals surface area contributed by atoms with E-state index in [1.165, 1.54) is 53.4 Å². The second-order valence-corrected chi connectivity index (χ2v) is 17.2. The summed E-state index contributed by atoms with van der Waals surface area (Å²) >= 11 is 1.52. The van der Waals surface area contributed by atoms with Gasteiger partial charge in [0, 0.05) is 63.8 Å². The first kappa shape index (κ1) is 52.4. The number of hydrogen-bond donors (Lipinski definition) is 6. The van der Waals surface area contributed by atoms with Gasteiger partial charge in [-0.2, -0.15) is 11.8 Å². The normalized spacial score (nSPS) is 17.2. The van der Waals surface area contributed by atoms with Gasteiger partial charge in [0.1, 0.15) is 6.29 Å². The Balaban J connectivity index is 2.54. The summed E-state index contributed by atoms with van der Waals surface area (Å²) in [5, 5.41) is 15.4. The van der Waals surface area contributed by atoms with Crippen molar-refractivity contribution in [2.75, 3.05) is 19.1 Å². The Bertz CT molecular complexity index is 1620. The van der Waals surface area contributed by atoms with Crippen molar-refractivity contribution in [2.24, 2.45) is 17.3 Å². The Morgan fingerprint density at radius 3 is 1.59 bits per heavy atom. The summed E-state index contributed by atoms with van der Waals surface area (Å²) in [4.78, 5) is 138. The van der Waals surface area contributed by atoms with Gasteiger partial charge < -0.3 is 31.4 Å². The van der Waals surface area contributed by atoms with E-state index in [0.717, 1.165) is 0 Å². The minimum absolute atomic E-state index is 0.0398. The molecule has 7 atom stereocenters. The second-order valence-electron chi connectivity index (χ2n) is 16.2. The second kappa shape index (κ2) is 25.1. The summed E-state index contributed by atoms with van der Waals surface area (Å²) in [5.41, 5.74) is 0.284. The molecule has 0 aromatic heterocycles. The monoisotopic (exact) mass is 848 g/mol. The lowest BCUT2D eigenvalue weighted by molar-refractivity contribution is -0.134. The van der Waals surface area contributed by atoms with Crippen LogP contribution in [-0.2, 0) is 52.7 Å². The van der Waals surface area contributed by atoms with Crippen LogP contribution in [-0.4, -0.2) is 114 Å². The van der Waals surface area contributed by atoms with Crippen LogP contribution in [0, 0.1) is 17.3 Å². The largest absolute Gasteiger partial charge is 0.356 e. The molecule has 0 saturated heterocycles. The van der Waals surface area contributed by atoms with Gasteiger partial charge in [-0.05, 0) is 58.0 Å². The molecule has 0 heterocycles. The van der Waals surface area contributed by atoms with Gasteiger partial charge in [0.25, 0.3) is 5.91 Å². The van der Waals surface area contributed by atoms with Crippen LogP contribution >= 0.6 is 11.8 Å². The first-order valence-corrected chi connectivity index (χ1v) is 21.3. The lowest BCUT2D eigenvalue weighted by Gasteiger charge is -2.29. The van der Waals surface area contributed by atoms with Gasteiger partial charge in [-0.3, -0.25) is 53.3 Å². The van der Waals surface area contributed by atoms with Crippen LogP contribution in [0.1, 0.15) is 113 Å². The average molecular weight is 849 g/mol. The third kappa shape index (κ3) is 18.5. The predicted molar refractivity (Wildman–Crippen MR) is 222 cm³/mol. The van der Waals surface area contributed by atoms with Gasteiger partial charge in [0.15, 0.2) is 35.1 Å². The van der Waals surface area contributed by atoms with Crippen LogP contribution < -0.4 is 31.9 Å². The number of nitrogens with one attached hydrogen (secondary N) is 6. The summed E-state index contributed by atoms with van der Waals surface area (Å²) in [7, 11) is 1.38. The van der Waals surface area contributed by atoms with E-state index in [2.05, 4.69) is 31.9 Å². The Morgan fingerprint density at radius 2 is 1.14 bits per heavy atom. The number of ketones is 5. The summed E-state index contributed by atoms with van der Waals surface area (Å²) in [6.45, 7) is 12.7. The maximum atomic E-state index is 12.9. The molecule has 0 aliphatic heterocycles. The molecular weight excluding hydrogens is 785 g/mol. The highest BCUT2D eigenvalue weighted by Gasteiger charge is 2.36. The van der Waals surface area contributed by atoms with Gasteiger partial charge in [0.2, 0.25) is 23.6 Å². The number of carbonyl (C=O) groups excluding carboxylic acids is 11. The fraction of sp³-hybridized carbons (Fsp3) is 0.683. The summed E-state index contributed by atoms with van der Waals surface area (Å²) in [6.07, 6.45) is 1.34. The van der Waals surface area contributed by atoms with Crippen molar-refractivity contribution in [3.05, 3.63) is 11.1 Å². The summed E-state index contributed by atoms with van der Waals surface area (Å²) < 4.78 is 0. The Hall–Kier alpha value is -4.58. The number of hydrogen-bond acceptors (Lipinski definition) is 13. The van der Waals surface area contributed by atoms with Crippen LogP contribution in [0.4, 0.5) is 0 Å². The molecule has 59 heavy (non-hydrogen) atoms. The average Bonchev–Trinajstić information content (AvgIpc) is 3.15. The molecule has 1 rings (SSSR count). The molecule has 330 valence electrons. The number of carbonyl (C=O) groups is 11. The molecular formula is C41H64N6O11S. The minimum Gasteiger partial charge on any atom is -0.356 e. The smallest absolute Gasteiger partial charge is 0.257 e. The first-order valence-electron chi connectivity index (χ1n) is 19.9. The van der Waals surface area contributed by atoms with Gasteiger partial charge in [-0.15, -0.1) is 0 Å². The van der Waals surface area contributed by atoms with Crippen LogP contribution in [0.15, 0.2) is 11.1 Å². The SMILES string of the molecule is CNC(=O)[C@@H](NC(=O)[C@H](C)CC(=O)[C@H](C)NC(=O)CCC(=O)[C@H](C)NC(=O)[C@H](C)CC(=O)[C@H](C)NC(=O)CCC(C)=C1C(=O)CC(C)(C)CC1=O)N[C@H](C=O)CCSC. The lowest BCUT2D eigenvalue weighted by atomic mass is 9.73. The highest BCUT2D eigenvalue weighted by molar-refractivity contribution is 7.98. The van der Waals surface area contributed by atoms with Crippen molar-refractivity contribution in [2.45, 2.75) is 144 Å². The van der Waals surface area contributed by atoms with E-state index in [1.807, 2.05) is 20.1 Å². The summed E-state index contributed by atoms with van der Waals surface area (Å²) in [6, 6.07) is -3.59. The molecule has 17 nitrogen and oxygen atoms in total. The fourth-order valence-corrected chi connectivity index (χ4v) is 6.74. The quantitative estimate of drug-likeness (QED) is 0.0310. The number of amides is 5. The Morgan fingerprint density at radius 1 is 0.678 bits per heavy atom. The van der Waals surface area contributed by atoms with E-state index in [4.69, 9.17) is 0 Å². The minimum atomic E-state index is -1.22. The molecule has 0 unspecified atom stereocenters. The molecule has 1 fully saturated rings. The third-order valence-electron chi connectivity index (χ3n) is 10.0. The molecule has 18 heteroatoms. The summed E-state index contributed by atoms with van der Waals surface area (Å²) in [5.74, 6) is -5.74. The van der Waals surface area contributed by atoms with Gasteiger partial charge >= 0.3 is 0 Å². The van der Waals surface area contributed by atoms with Crippen molar-refractivity contribution in [1.29, 1.82) is 0 Å². The number of aldehydes is 1. The molecule has 6 N–H and O–H groups in total. The molecule has 1 aliphatic carbocycles. The van der Waals surface area contributed by atoms with Gasteiger partial charge in [-0.1, -0.05) is 33.3 Å². The van der Waals surface area contributed by atoms with Crippen molar-refractivity contribution in [1.82, 2.24) is 31.9 Å². The molecule has 0 aromatic rings. The lowest BCUT2D eigenvalue weighted by Crippen LogP contribution is -2.58. The fourth-order valence-electron chi connectivity index (χ4n) is 6.25. The van der Waals surface area contributed by atoms with E-state index in [1.54, 1.807) is 6.92 Å². The third-order valence-corrected chi connectivity index (χ3v) is 10.7. The van der Waals surface area contributed by atoms with E-state index in [9.17, 15) is 52.7 Å².